The number of carbonyl (C=O) groups is 1. The van der Waals surface area contributed by atoms with E-state index in [0.717, 1.165) is 25.9 Å². The highest BCUT2D eigenvalue weighted by atomic mass is 16.1. The van der Waals surface area contributed by atoms with Crippen LogP contribution in [-0.4, -0.2) is 36.6 Å². The van der Waals surface area contributed by atoms with Crippen LogP contribution in [-0.2, 0) is 0 Å². The molecule has 1 aliphatic heterocycles. The second-order valence-corrected chi connectivity index (χ2v) is 5.04. The molecular formula is C13H20N4O. The standard InChI is InChI=1S/C13H20N4O/c1-13(15-2)5-8-17(9-6-13)12-10(11(14)18)4-3-7-16-12/h3-4,7,15H,5-6,8-9H2,1-2H3,(H2,14,18). The quantitative estimate of drug-likeness (QED) is 0.828. The summed E-state index contributed by atoms with van der Waals surface area (Å²) in [6.45, 7) is 3.99. The summed E-state index contributed by atoms with van der Waals surface area (Å²) in [4.78, 5) is 17.8. The highest BCUT2D eigenvalue weighted by molar-refractivity contribution is 5.97. The summed E-state index contributed by atoms with van der Waals surface area (Å²) in [5.74, 6) is 0.295. The van der Waals surface area contributed by atoms with Crippen molar-refractivity contribution in [3.63, 3.8) is 0 Å². The molecule has 5 heteroatoms. The first kappa shape index (κ1) is 12.8. The molecule has 1 saturated heterocycles. The van der Waals surface area contributed by atoms with E-state index < -0.39 is 5.91 Å². The Hall–Kier alpha value is -1.62. The van der Waals surface area contributed by atoms with E-state index in [2.05, 4.69) is 22.1 Å². The average molecular weight is 248 g/mol. The Bertz CT molecular complexity index is 438. The molecular weight excluding hydrogens is 228 g/mol. The van der Waals surface area contributed by atoms with Crippen molar-refractivity contribution in [2.24, 2.45) is 5.73 Å². The van der Waals surface area contributed by atoms with E-state index in [1.807, 2.05) is 7.05 Å². The summed E-state index contributed by atoms with van der Waals surface area (Å²) in [6, 6.07) is 3.47. The molecule has 1 fully saturated rings. The van der Waals surface area contributed by atoms with Crippen molar-refractivity contribution in [1.82, 2.24) is 10.3 Å². The number of aromatic nitrogens is 1. The number of nitrogens with zero attached hydrogens (tertiary/aromatic N) is 2. The molecule has 2 heterocycles. The molecule has 0 radical (unpaired) electrons. The van der Waals surface area contributed by atoms with Crippen LogP contribution >= 0.6 is 0 Å². The van der Waals surface area contributed by atoms with Crippen LogP contribution < -0.4 is 16.0 Å². The van der Waals surface area contributed by atoms with E-state index in [1.165, 1.54) is 0 Å². The third-order valence-electron chi connectivity index (χ3n) is 3.82. The molecule has 5 nitrogen and oxygen atoms in total. The molecule has 0 spiro atoms. The molecule has 98 valence electrons. The zero-order valence-corrected chi connectivity index (χ0v) is 10.9. The van der Waals surface area contributed by atoms with Gasteiger partial charge in [-0.15, -0.1) is 0 Å². The molecule has 2 rings (SSSR count). The first-order valence-corrected chi connectivity index (χ1v) is 6.24. The van der Waals surface area contributed by atoms with Crippen molar-refractivity contribution in [1.29, 1.82) is 0 Å². The fourth-order valence-electron chi connectivity index (χ4n) is 2.30. The van der Waals surface area contributed by atoms with Crippen molar-refractivity contribution in [3.8, 4) is 0 Å². The van der Waals surface area contributed by atoms with Gasteiger partial charge in [-0.3, -0.25) is 4.79 Å². The highest BCUT2D eigenvalue weighted by Gasteiger charge is 2.29. The van der Waals surface area contributed by atoms with Gasteiger partial charge in [-0.1, -0.05) is 0 Å². The zero-order valence-electron chi connectivity index (χ0n) is 10.9. The fourth-order valence-corrected chi connectivity index (χ4v) is 2.30. The molecule has 1 aromatic heterocycles. The number of amides is 1. The summed E-state index contributed by atoms with van der Waals surface area (Å²) in [7, 11) is 1.99. The van der Waals surface area contributed by atoms with E-state index in [9.17, 15) is 4.79 Å². The summed E-state index contributed by atoms with van der Waals surface area (Å²) in [5.41, 5.74) is 6.07. The SMILES string of the molecule is CNC1(C)CCN(c2ncccc2C(N)=O)CC1. The summed E-state index contributed by atoms with van der Waals surface area (Å²) >= 11 is 0. The average Bonchev–Trinajstić information content (AvgIpc) is 2.39. The van der Waals surface area contributed by atoms with Gasteiger partial charge in [0.25, 0.3) is 5.91 Å². The van der Waals surface area contributed by atoms with E-state index in [-0.39, 0.29) is 5.54 Å². The minimum atomic E-state index is -0.417. The number of nitrogens with one attached hydrogen (secondary N) is 1. The van der Waals surface area contributed by atoms with Crippen molar-refractivity contribution in [2.45, 2.75) is 25.3 Å². The molecule has 18 heavy (non-hydrogen) atoms. The lowest BCUT2D eigenvalue weighted by atomic mass is 9.90. The van der Waals surface area contributed by atoms with Crippen LogP contribution in [0.5, 0.6) is 0 Å². The Morgan fingerprint density at radius 2 is 2.17 bits per heavy atom. The van der Waals surface area contributed by atoms with Gasteiger partial charge in [-0.2, -0.15) is 0 Å². The minimum absolute atomic E-state index is 0.179. The second kappa shape index (κ2) is 4.94. The van der Waals surface area contributed by atoms with Gasteiger partial charge >= 0.3 is 0 Å². The number of piperidine rings is 1. The molecule has 0 saturated carbocycles. The fraction of sp³-hybridized carbons (Fsp3) is 0.538. The lowest BCUT2D eigenvalue weighted by Crippen LogP contribution is -2.50. The van der Waals surface area contributed by atoms with Crippen molar-refractivity contribution >= 4 is 11.7 Å². The summed E-state index contributed by atoms with van der Waals surface area (Å²) in [5, 5.41) is 3.35. The van der Waals surface area contributed by atoms with E-state index in [0.29, 0.717) is 11.4 Å². The predicted molar refractivity (Wildman–Crippen MR) is 71.7 cm³/mol. The maximum absolute atomic E-state index is 11.4. The van der Waals surface area contributed by atoms with Crippen LogP contribution in [0.2, 0.25) is 0 Å². The van der Waals surface area contributed by atoms with Gasteiger partial charge in [-0.05, 0) is 38.9 Å². The molecule has 0 atom stereocenters. The van der Waals surface area contributed by atoms with E-state index >= 15 is 0 Å². The minimum Gasteiger partial charge on any atom is -0.365 e. The van der Waals surface area contributed by atoms with E-state index in [1.54, 1.807) is 18.3 Å². The molecule has 0 aliphatic carbocycles. The summed E-state index contributed by atoms with van der Waals surface area (Å²) < 4.78 is 0. The highest BCUT2D eigenvalue weighted by Crippen LogP contribution is 2.26. The first-order valence-electron chi connectivity index (χ1n) is 6.24. The smallest absolute Gasteiger partial charge is 0.252 e. The number of hydrogen-bond acceptors (Lipinski definition) is 4. The lowest BCUT2D eigenvalue weighted by molar-refractivity contribution is 0.100. The topological polar surface area (TPSA) is 71.2 Å². The number of pyridine rings is 1. The van der Waals surface area contributed by atoms with Crippen LogP contribution in [0.1, 0.15) is 30.1 Å². The Morgan fingerprint density at radius 1 is 1.50 bits per heavy atom. The summed E-state index contributed by atoms with van der Waals surface area (Å²) in [6.07, 6.45) is 3.75. The molecule has 3 N–H and O–H groups in total. The van der Waals surface area contributed by atoms with Gasteiger partial charge in [0.2, 0.25) is 0 Å². The molecule has 0 unspecified atom stereocenters. The number of hydrogen-bond donors (Lipinski definition) is 2. The first-order chi connectivity index (χ1) is 8.56. The third kappa shape index (κ3) is 2.46. The number of carbonyl (C=O) groups excluding carboxylic acids is 1. The van der Waals surface area contributed by atoms with Gasteiger partial charge in [0.1, 0.15) is 5.82 Å². The van der Waals surface area contributed by atoms with Crippen LogP contribution in [0.15, 0.2) is 18.3 Å². The lowest BCUT2D eigenvalue weighted by Gasteiger charge is -2.40. The number of nitrogens with two attached hydrogens (primary N) is 1. The number of primary amides is 1. The van der Waals surface area contributed by atoms with Crippen molar-refractivity contribution in [3.05, 3.63) is 23.9 Å². The maximum atomic E-state index is 11.4. The largest absolute Gasteiger partial charge is 0.365 e. The van der Waals surface area contributed by atoms with Gasteiger partial charge in [0, 0.05) is 24.8 Å². The second-order valence-electron chi connectivity index (χ2n) is 5.04. The number of anilines is 1. The number of rotatable bonds is 3. The Morgan fingerprint density at radius 3 is 2.72 bits per heavy atom. The van der Waals surface area contributed by atoms with Crippen LogP contribution in [0.4, 0.5) is 5.82 Å². The normalized spacial score (nSPS) is 18.7. The van der Waals surface area contributed by atoms with Crippen molar-refractivity contribution in [2.75, 3.05) is 25.0 Å². The van der Waals surface area contributed by atoms with Crippen molar-refractivity contribution < 1.29 is 4.79 Å². The molecule has 1 aliphatic rings. The monoisotopic (exact) mass is 248 g/mol. The van der Waals surface area contributed by atoms with Crippen LogP contribution in [0, 0.1) is 0 Å². The molecule has 0 aromatic carbocycles. The third-order valence-corrected chi connectivity index (χ3v) is 3.82. The van der Waals surface area contributed by atoms with Gasteiger partial charge < -0.3 is 16.0 Å². The molecule has 1 amide bonds. The molecule has 1 aromatic rings. The van der Waals surface area contributed by atoms with Crippen LogP contribution in [0.3, 0.4) is 0 Å². The Kier molecular flexibility index (Phi) is 3.52. The Balaban J connectivity index is 2.17. The zero-order chi connectivity index (χ0) is 13.2. The van der Waals surface area contributed by atoms with E-state index in [4.69, 9.17) is 5.73 Å². The van der Waals surface area contributed by atoms with Gasteiger partial charge in [0.05, 0.1) is 5.56 Å². The van der Waals surface area contributed by atoms with Gasteiger partial charge in [-0.25, -0.2) is 4.98 Å². The van der Waals surface area contributed by atoms with Crippen LogP contribution in [0.25, 0.3) is 0 Å². The Labute approximate surface area is 107 Å². The molecule has 0 bridgehead atoms. The maximum Gasteiger partial charge on any atom is 0.252 e. The van der Waals surface area contributed by atoms with Gasteiger partial charge in [0.15, 0.2) is 0 Å². The predicted octanol–water partition coefficient (Wildman–Crippen LogP) is 0.759.